The van der Waals surface area contributed by atoms with Gasteiger partial charge in [-0.1, -0.05) is 30.3 Å². The minimum Gasteiger partial charge on any atom is -0.507 e. The van der Waals surface area contributed by atoms with Gasteiger partial charge in [0.1, 0.15) is 17.3 Å². The minimum atomic E-state index is -0.798. The van der Waals surface area contributed by atoms with Gasteiger partial charge in [-0.2, -0.15) is 0 Å². The van der Waals surface area contributed by atoms with E-state index in [0.29, 0.717) is 36.0 Å². The normalized spacial score (nSPS) is 18.9. The van der Waals surface area contributed by atoms with Gasteiger partial charge in [0.05, 0.1) is 30.4 Å². The van der Waals surface area contributed by atoms with E-state index < -0.39 is 17.7 Å². The van der Waals surface area contributed by atoms with Crippen molar-refractivity contribution in [3.05, 3.63) is 89.5 Å². The molecule has 3 aromatic rings. The first-order chi connectivity index (χ1) is 19.0. The van der Waals surface area contributed by atoms with Crippen LogP contribution in [-0.2, 0) is 9.59 Å². The van der Waals surface area contributed by atoms with Gasteiger partial charge in [-0.05, 0) is 75.1 Å². The Labute approximate surface area is 229 Å². The Morgan fingerprint density at radius 3 is 2.18 bits per heavy atom. The molecule has 5 rings (SSSR count). The predicted octanol–water partition coefficient (Wildman–Crippen LogP) is 6.10. The van der Waals surface area contributed by atoms with Crippen LogP contribution in [0.2, 0.25) is 0 Å². The number of ketones is 1. The van der Waals surface area contributed by atoms with Crippen LogP contribution in [0.4, 0.5) is 11.4 Å². The van der Waals surface area contributed by atoms with E-state index in [1.807, 2.05) is 68.4 Å². The molecule has 202 valence electrons. The summed E-state index contributed by atoms with van der Waals surface area (Å²) in [5, 5.41) is 11.6. The van der Waals surface area contributed by atoms with E-state index in [1.54, 1.807) is 18.2 Å². The maximum atomic E-state index is 13.6. The van der Waals surface area contributed by atoms with Gasteiger partial charge in [0.2, 0.25) is 0 Å². The fraction of sp³-hybridized carbons (Fsp3) is 0.312. The van der Waals surface area contributed by atoms with Crippen LogP contribution in [0.25, 0.3) is 5.76 Å². The molecule has 1 atom stereocenters. The molecule has 7 heteroatoms. The van der Waals surface area contributed by atoms with Gasteiger partial charge in [-0.15, -0.1) is 0 Å². The second-order valence-corrected chi connectivity index (χ2v) is 9.67. The van der Waals surface area contributed by atoms with Crippen molar-refractivity contribution in [1.29, 1.82) is 0 Å². The van der Waals surface area contributed by atoms with Gasteiger partial charge < -0.3 is 19.5 Å². The SMILES string of the molecule is CCOc1ccc(/C(O)=C2/C(=O)C(=O)N(c3ccc(N4CCCCC4)cc3)C2c2ccccc2)c(OCC)c1. The number of amides is 1. The van der Waals surface area contributed by atoms with E-state index in [9.17, 15) is 14.7 Å². The van der Waals surface area contributed by atoms with E-state index in [1.165, 1.54) is 24.2 Å². The highest BCUT2D eigenvalue weighted by Gasteiger charge is 2.47. The molecule has 1 N–H and O–H groups in total. The van der Waals surface area contributed by atoms with Gasteiger partial charge in [0.25, 0.3) is 11.7 Å². The molecule has 2 saturated heterocycles. The smallest absolute Gasteiger partial charge is 0.300 e. The number of rotatable bonds is 8. The summed E-state index contributed by atoms with van der Waals surface area (Å²) >= 11 is 0. The molecule has 0 saturated carbocycles. The topological polar surface area (TPSA) is 79.3 Å². The van der Waals surface area contributed by atoms with Gasteiger partial charge in [0, 0.05) is 30.5 Å². The lowest BCUT2D eigenvalue weighted by molar-refractivity contribution is -0.132. The lowest BCUT2D eigenvalue weighted by Gasteiger charge is -2.30. The van der Waals surface area contributed by atoms with Crippen molar-refractivity contribution in [2.45, 2.75) is 39.2 Å². The van der Waals surface area contributed by atoms with Crippen LogP contribution in [0.1, 0.15) is 50.3 Å². The number of aliphatic hydroxyl groups is 1. The van der Waals surface area contributed by atoms with Gasteiger partial charge >= 0.3 is 0 Å². The number of carbonyl (C=O) groups is 2. The molecular weight excluding hydrogens is 492 g/mol. The van der Waals surface area contributed by atoms with Crippen LogP contribution in [0.3, 0.4) is 0 Å². The Bertz CT molecular complexity index is 1360. The second kappa shape index (κ2) is 11.6. The number of anilines is 2. The van der Waals surface area contributed by atoms with Crippen molar-refractivity contribution < 1.29 is 24.2 Å². The summed E-state index contributed by atoms with van der Waals surface area (Å²) < 4.78 is 11.4. The first kappa shape index (κ1) is 26.4. The van der Waals surface area contributed by atoms with Crippen LogP contribution in [0, 0.1) is 0 Å². The quantitative estimate of drug-likeness (QED) is 0.217. The van der Waals surface area contributed by atoms with Crippen molar-refractivity contribution in [3.8, 4) is 11.5 Å². The average molecular weight is 527 g/mol. The number of hydrogen-bond acceptors (Lipinski definition) is 6. The maximum Gasteiger partial charge on any atom is 0.300 e. The van der Waals surface area contributed by atoms with Crippen molar-refractivity contribution in [2.24, 2.45) is 0 Å². The Morgan fingerprint density at radius 1 is 0.846 bits per heavy atom. The standard InChI is InChI=1S/C32H34N2O5/c1-3-38-25-17-18-26(27(21-25)39-4-2)30(35)28-29(22-11-7-5-8-12-22)34(32(37)31(28)36)24-15-13-23(14-16-24)33-19-9-6-10-20-33/h5,7-8,11-18,21,29,35H,3-4,6,9-10,19-20H2,1-2H3/b30-28-. The van der Waals surface area contributed by atoms with E-state index in [0.717, 1.165) is 24.3 Å². The van der Waals surface area contributed by atoms with Crippen LogP contribution < -0.4 is 19.3 Å². The summed E-state index contributed by atoms with van der Waals surface area (Å²) in [4.78, 5) is 30.9. The summed E-state index contributed by atoms with van der Waals surface area (Å²) in [6, 6.07) is 21.4. The van der Waals surface area contributed by atoms with Gasteiger partial charge in [0.15, 0.2) is 0 Å². The third kappa shape index (κ3) is 5.21. The molecule has 1 unspecified atom stereocenters. The van der Waals surface area contributed by atoms with Crippen molar-refractivity contribution >= 4 is 28.8 Å². The molecular formula is C32H34N2O5. The first-order valence-corrected chi connectivity index (χ1v) is 13.6. The molecule has 0 aromatic heterocycles. The van der Waals surface area contributed by atoms with Crippen LogP contribution in [0.5, 0.6) is 11.5 Å². The summed E-state index contributed by atoms with van der Waals surface area (Å²) in [5.41, 5.74) is 2.78. The lowest BCUT2D eigenvalue weighted by Crippen LogP contribution is -2.30. The average Bonchev–Trinajstić information content (AvgIpc) is 3.24. The Kier molecular flexibility index (Phi) is 7.87. The van der Waals surface area contributed by atoms with Crippen molar-refractivity contribution in [1.82, 2.24) is 0 Å². The van der Waals surface area contributed by atoms with Gasteiger partial charge in [-0.3, -0.25) is 14.5 Å². The highest BCUT2D eigenvalue weighted by Crippen LogP contribution is 2.44. The zero-order valence-electron chi connectivity index (χ0n) is 22.4. The zero-order valence-corrected chi connectivity index (χ0v) is 22.4. The molecule has 2 heterocycles. The first-order valence-electron chi connectivity index (χ1n) is 13.6. The highest BCUT2D eigenvalue weighted by atomic mass is 16.5. The van der Waals surface area contributed by atoms with Crippen molar-refractivity contribution in [2.75, 3.05) is 36.1 Å². The highest BCUT2D eigenvalue weighted by molar-refractivity contribution is 6.51. The van der Waals surface area contributed by atoms with E-state index in [-0.39, 0.29) is 11.3 Å². The van der Waals surface area contributed by atoms with Gasteiger partial charge in [-0.25, -0.2) is 0 Å². The number of aliphatic hydroxyl groups excluding tert-OH is 1. The monoisotopic (exact) mass is 526 g/mol. The summed E-state index contributed by atoms with van der Waals surface area (Å²) in [5.74, 6) is -0.727. The number of nitrogens with zero attached hydrogens (tertiary/aromatic N) is 2. The number of benzene rings is 3. The Morgan fingerprint density at radius 2 is 1.51 bits per heavy atom. The molecule has 1 amide bonds. The molecule has 2 aliphatic rings. The number of hydrogen-bond donors (Lipinski definition) is 1. The van der Waals surface area contributed by atoms with Crippen LogP contribution in [-0.4, -0.2) is 43.1 Å². The predicted molar refractivity (Wildman–Crippen MR) is 153 cm³/mol. The molecule has 2 fully saturated rings. The minimum absolute atomic E-state index is 0.0245. The third-order valence-corrected chi connectivity index (χ3v) is 7.23. The Hall–Kier alpha value is -4.26. The second-order valence-electron chi connectivity index (χ2n) is 9.67. The summed E-state index contributed by atoms with van der Waals surface area (Å²) in [6.07, 6.45) is 3.58. The number of carbonyl (C=O) groups excluding carboxylic acids is 2. The van der Waals surface area contributed by atoms with Crippen molar-refractivity contribution in [3.63, 3.8) is 0 Å². The molecule has 3 aromatic carbocycles. The van der Waals surface area contributed by atoms with Crippen LogP contribution >= 0.6 is 0 Å². The van der Waals surface area contributed by atoms with E-state index >= 15 is 0 Å². The molecule has 0 aliphatic carbocycles. The fourth-order valence-corrected chi connectivity index (χ4v) is 5.40. The lowest BCUT2D eigenvalue weighted by atomic mass is 9.94. The third-order valence-electron chi connectivity index (χ3n) is 7.23. The molecule has 2 aliphatic heterocycles. The molecule has 0 spiro atoms. The molecule has 7 nitrogen and oxygen atoms in total. The summed E-state index contributed by atoms with van der Waals surface area (Å²) in [6.45, 7) is 6.58. The number of Topliss-reactive ketones (excluding diaryl/α,β-unsaturated/α-hetero) is 1. The zero-order chi connectivity index (χ0) is 27.4. The Balaban J connectivity index is 1.60. The maximum absolute atomic E-state index is 13.6. The number of ether oxygens (including phenoxy) is 2. The molecule has 0 radical (unpaired) electrons. The molecule has 39 heavy (non-hydrogen) atoms. The van der Waals surface area contributed by atoms with E-state index in [2.05, 4.69) is 4.90 Å². The fourth-order valence-electron chi connectivity index (χ4n) is 5.40. The number of piperidine rings is 1. The van der Waals surface area contributed by atoms with Crippen LogP contribution in [0.15, 0.2) is 78.4 Å². The molecule has 0 bridgehead atoms. The largest absolute Gasteiger partial charge is 0.507 e. The van der Waals surface area contributed by atoms with E-state index in [4.69, 9.17) is 9.47 Å². The summed E-state index contributed by atoms with van der Waals surface area (Å²) in [7, 11) is 0.